The van der Waals surface area contributed by atoms with E-state index in [1.807, 2.05) is 75.4 Å². The number of morpholine rings is 1. The lowest BCUT2D eigenvalue weighted by atomic mass is 9.74. The van der Waals surface area contributed by atoms with Crippen LogP contribution in [-0.4, -0.2) is 120 Å². The number of aliphatic hydroxyl groups excluding tert-OH is 1. The van der Waals surface area contributed by atoms with Gasteiger partial charge in [-0.3, -0.25) is 19.3 Å². The Morgan fingerprint density at radius 3 is 2.37 bits per heavy atom. The number of hydrogen-bond acceptors (Lipinski definition) is 7. The molecule has 43 heavy (non-hydrogen) atoms. The molecule has 0 bridgehead atoms. The van der Waals surface area contributed by atoms with Gasteiger partial charge < -0.3 is 29.3 Å². The molecule has 1 spiro atoms. The summed E-state index contributed by atoms with van der Waals surface area (Å²) in [6.45, 7) is 10.5. The lowest BCUT2D eigenvalue weighted by Gasteiger charge is -2.41. The summed E-state index contributed by atoms with van der Waals surface area (Å²) in [5, 5.41) is 10.6. The maximum absolute atomic E-state index is 14.7. The van der Waals surface area contributed by atoms with Crippen molar-refractivity contribution in [2.24, 2.45) is 17.8 Å². The Balaban J connectivity index is 1.41. The van der Waals surface area contributed by atoms with Gasteiger partial charge in [0.15, 0.2) is 0 Å². The summed E-state index contributed by atoms with van der Waals surface area (Å²) >= 11 is 0. The molecule has 1 N–H and O–H groups in total. The second kappa shape index (κ2) is 11.8. The minimum Gasteiger partial charge on any atom is -0.394 e. The summed E-state index contributed by atoms with van der Waals surface area (Å²) in [7, 11) is 0. The fourth-order valence-electron chi connectivity index (χ4n) is 7.81. The van der Waals surface area contributed by atoms with Gasteiger partial charge in [0.2, 0.25) is 17.7 Å². The predicted octanol–water partition coefficient (Wildman–Crippen LogP) is 1.70. The highest BCUT2D eigenvalue weighted by Gasteiger charge is 2.75. The zero-order valence-corrected chi connectivity index (χ0v) is 25.4. The molecular weight excluding hydrogens is 548 g/mol. The second-order valence-corrected chi connectivity index (χ2v) is 12.7. The number of nitrogens with zero attached hydrogens (tertiary/aromatic N) is 4. The fraction of sp³-hybridized carbons (Fsp3) is 0.606. The van der Waals surface area contributed by atoms with Crippen LogP contribution < -0.4 is 4.90 Å². The molecule has 0 radical (unpaired) electrons. The van der Waals surface area contributed by atoms with Crippen LogP contribution in [0.1, 0.15) is 27.2 Å². The summed E-state index contributed by atoms with van der Waals surface area (Å²) in [5.74, 6) is -2.53. The third-order valence-corrected chi connectivity index (χ3v) is 10.3. The first-order chi connectivity index (χ1) is 20.8. The molecule has 10 nitrogen and oxygen atoms in total. The van der Waals surface area contributed by atoms with Gasteiger partial charge in [-0.25, -0.2) is 0 Å². The van der Waals surface area contributed by atoms with Gasteiger partial charge in [-0.05, 0) is 25.0 Å². The van der Waals surface area contributed by atoms with Gasteiger partial charge in [0, 0.05) is 45.0 Å². The number of rotatable bonds is 8. The van der Waals surface area contributed by atoms with Gasteiger partial charge in [0.1, 0.15) is 11.6 Å². The molecule has 5 heterocycles. The lowest BCUT2D eigenvalue weighted by Crippen LogP contribution is -2.60. The molecule has 3 saturated heterocycles. The number of carbonyl (C=O) groups excluding carboxylic acids is 3. The van der Waals surface area contributed by atoms with Crippen molar-refractivity contribution in [2.45, 2.75) is 50.5 Å². The number of para-hydroxylation sites is 1. The Labute approximate surface area is 253 Å². The summed E-state index contributed by atoms with van der Waals surface area (Å²) in [6, 6.07) is 7.87. The van der Waals surface area contributed by atoms with E-state index in [0.717, 1.165) is 25.2 Å². The molecule has 5 aliphatic rings. The fourth-order valence-corrected chi connectivity index (χ4v) is 7.81. The Kier molecular flexibility index (Phi) is 8.23. The molecule has 3 amide bonds. The summed E-state index contributed by atoms with van der Waals surface area (Å²) in [4.78, 5) is 51.3. The number of fused-ring (bicyclic) bond motifs is 2. The third-order valence-electron chi connectivity index (χ3n) is 10.3. The van der Waals surface area contributed by atoms with E-state index in [0.29, 0.717) is 39.4 Å². The molecule has 6 rings (SSSR count). The van der Waals surface area contributed by atoms with Crippen molar-refractivity contribution in [3.63, 3.8) is 0 Å². The SMILES string of the molecule is CC[C@H](C)[C@H](CO)N1C(=O)[C@@H]2[C@H]3C(=O)N(c4ccccc4)CC=C[C@@]3(C)O[C@@]23C=CCN(CCN2CCOCC2)C(=O)C13. The van der Waals surface area contributed by atoms with Crippen molar-refractivity contribution in [3.8, 4) is 0 Å². The van der Waals surface area contributed by atoms with Crippen LogP contribution >= 0.6 is 0 Å². The topological polar surface area (TPSA) is 103 Å². The minimum atomic E-state index is -1.35. The van der Waals surface area contributed by atoms with Crippen molar-refractivity contribution in [2.75, 3.05) is 64.0 Å². The molecule has 1 aromatic rings. The molecule has 1 unspecified atom stereocenters. The zero-order valence-electron chi connectivity index (χ0n) is 25.4. The van der Waals surface area contributed by atoms with Crippen LogP contribution in [0.15, 0.2) is 54.6 Å². The normalized spacial score (nSPS) is 34.1. The average Bonchev–Trinajstić information content (AvgIpc) is 3.29. The van der Waals surface area contributed by atoms with E-state index in [4.69, 9.17) is 9.47 Å². The number of carbonyl (C=O) groups is 3. The molecule has 5 aliphatic heterocycles. The van der Waals surface area contributed by atoms with Gasteiger partial charge >= 0.3 is 0 Å². The molecule has 10 heteroatoms. The van der Waals surface area contributed by atoms with Crippen molar-refractivity contribution < 1.29 is 29.0 Å². The smallest absolute Gasteiger partial charge is 0.249 e. The number of ether oxygens (including phenoxy) is 2. The second-order valence-electron chi connectivity index (χ2n) is 12.7. The Hall–Kier alpha value is -3.05. The van der Waals surface area contributed by atoms with Crippen LogP contribution in [0.4, 0.5) is 5.69 Å². The van der Waals surface area contributed by atoms with Crippen molar-refractivity contribution in [1.82, 2.24) is 14.7 Å². The maximum Gasteiger partial charge on any atom is 0.249 e. The van der Waals surface area contributed by atoms with E-state index in [9.17, 15) is 19.5 Å². The summed E-state index contributed by atoms with van der Waals surface area (Å²) in [6.07, 6.45) is 8.35. The van der Waals surface area contributed by atoms with Gasteiger partial charge in [-0.1, -0.05) is 62.8 Å². The zero-order chi connectivity index (χ0) is 30.4. The predicted molar refractivity (Wildman–Crippen MR) is 161 cm³/mol. The number of benzene rings is 1. The van der Waals surface area contributed by atoms with E-state index in [-0.39, 0.29) is 30.2 Å². The largest absolute Gasteiger partial charge is 0.394 e. The van der Waals surface area contributed by atoms with Crippen LogP contribution in [0.5, 0.6) is 0 Å². The van der Waals surface area contributed by atoms with E-state index in [1.165, 1.54) is 0 Å². The highest BCUT2D eigenvalue weighted by molar-refractivity contribution is 6.04. The van der Waals surface area contributed by atoms with Crippen LogP contribution in [0.2, 0.25) is 0 Å². The summed E-state index contributed by atoms with van der Waals surface area (Å²) in [5.41, 5.74) is -1.69. The highest BCUT2D eigenvalue weighted by atomic mass is 16.5. The first-order valence-electron chi connectivity index (χ1n) is 15.7. The third kappa shape index (κ3) is 4.92. The first-order valence-corrected chi connectivity index (χ1v) is 15.7. The van der Waals surface area contributed by atoms with E-state index < -0.39 is 35.1 Å². The van der Waals surface area contributed by atoms with E-state index in [1.54, 1.807) is 14.7 Å². The Bertz CT molecular complexity index is 1280. The first kappa shape index (κ1) is 30.0. The van der Waals surface area contributed by atoms with Gasteiger partial charge in [-0.15, -0.1) is 0 Å². The number of hydrogen-bond donors (Lipinski definition) is 1. The molecule has 1 aromatic carbocycles. The average molecular weight is 593 g/mol. The van der Waals surface area contributed by atoms with Gasteiger partial charge in [0.05, 0.1) is 43.3 Å². The lowest BCUT2D eigenvalue weighted by molar-refractivity contribution is -0.155. The van der Waals surface area contributed by atoms with Crippen LogP contribution in [0.3, 0.4) is 0 Å². The Morgan fingerprint density at radius 2 is 1.67 bits per heavy atom. The molecule has 0 aromatic heterocycles. The molecule has 0 aliphatic carbocycles. The molecule has 232 valence electrons. The molecular formula is C33H44N4O6. The van der Waals surface area contributed by atoms with Crippen LogP contribution in [-0.2, 0) is 23.9 Å². The van der Waals surface area contributed by atoms with Crippen LogP contribution in [0, 0.1) is 17.8 Å². The van der Waals surface area contributed by atoms with Gasteiger partial charge in [-0.2, -0.15) is 0 Å². The molecule has 3 fully saturated rings. The summed E-state index contributed by atoms with van der Waals surface area (Å²) < 4.78 is 12.5. The number of likely N-dealkylation sites (tertiary alicyclic amines) is 1. The quantitative estimate of drug-likeness (QED) is 0.459. The minimum absolute atomic E-state index is 0.0661. The number of aliphatic hydroxyl groups is 1. The highest BCUT2D eigenvalue weighted by Crippen LogP contribution is 2.58. The monoisotopic (exact) mass is 592 g/mol. The van der Waals surface area contributed by atoms with E-state index >= 15 is 0 Å². The number of anilines is 1. The standard InChI is InChI=1S/C33H44N4O6/c1-4-23(2)25(22-38)37-28-31(41)35(17-16-34-18-20-42-21-19-34)14-9-13-33(28)27(30(37)40)26-29(39)36(24-10-6-5-7-11-24)15-8-12-32(26,3)43-33/h5-13,23,25-28,38H,4,14-22H2,1-3H3/t23-,25-,26-,27-,28?,32+,33-/m0/s1. The molecule has 7 atom stereocenters. The van der Waals surface area contributed by atoms with Crippen molar-refractivity contribution in [1.29, 1.82) is 0 Å². The maximum atomic E-state index is 14.7. The van der Waals surface area contributed by atoms with Gasteiger partial charge in [0.25, 0.3) is 0 Å². The van der Waals surface area contributed by atoms with Crippen LogP contribution in [0.25, 0.3) is 0 Å². The Morgan fingerprint density at radius 1 is 0.953 bits per heavy atom. The number of amides is 3. The van der Waals surface area contributed by atoms with E-state index in [2.05, 4.69) is 4.90 Å². The van der Waals surface area contributed by atoms with Crippen molar-refractivity contribution >= 4 is 23.4 Å². The molecule has 0 saturated carbocycles. The van der Waals surface area contributed by atoms with Crippen molar-refractivity contribution in [3.05, 3.63) is 54.6 Å².